The van der Waals surface area contributed by atoms with Crippen LogP contribution < -0.4 is 5.32 Å². The SMILES string of the molecule is Cc1cc(-c2nn3c(C)ncc3o2)ccc1NC(=O)C(C)c1cccc(C(F)(F)F)c1. The Kier molecular flexibility index (Phi) is 5.04. The van der Waals surface area contributed by atoms with Gasteiger partial charge in [-0.1, -0.05) is 18.2 Å². The van der Waals surface area contributed by atoms with E-state index in [1.807, 2.05) is 19.9 Å². The van der Waals surface area contributed by atoms with Gasteiger partial charge in [0.05, 0.1) is 17.7 Å². The Morgan fingerprint density at radius 1 is 1.16 bits per heavy atom. The van der Waals surface area contributed by atoms with Gasteiger partial charge in [-0.15, -0.1) is 5.10 Å². The number of carbonyl (C=O) groups is 1. The van der Waals surface area contributed by atoms with Crippen molar-refractivity contribution in [3.8, 4) is 11.5 Å². The number of halogens is 3. The molecule has 0 spiro atoms. The van der Waals surface area contributed by atoms with Crippen molar-refractivity contribution in [3.63, 3.8) is 0 Å². The third-order valence-corrected chi connectivity index (χ3v) is 5.11. The molecule has 2 aromatic heterocycles. The van der Waals surface area contributed by atoms with E-state index in [1.54, 1.807) is 29.8 Å². The molecule has 1 N–H and O–H groups in total. The van der Waals surface area contributed by atoms with Gasteiger partial charge in [0, 0.05) is 11.3 Å². The molecule has 1 atom stereocenters. The fourth-order valence-electron chi connectivity index (χ4n) is 3.25. The second-order valence-corrected chi connectivity index (χ2v) is 7.33. The summed E-state index contributed by atoms with van der Waals surface area (Å²) in [5, 5.41) is 7.17. The summed E-state index contributed by atoms with van der Waals surface area (Å²) >= 11 is 0. The lowest BCUT2D eigenvalue weighted by Crippen LogP contribution is -2.20. The summed E-state index contributed by atoms with van der Waals surface area (Å²) in [5.74, 6) is -0.0412. The predicted molar refractivity (Wildman–Crippen MR) is 109 cm³/mol. The summed E-state index contributed by atoms with van der Waals surface area (Å²) < 4.78 is 46.2. The smallest absolute Gasteiger partial charge is 0.416 e. The van der Waals surface area contributed by atoms with Crippen LogP contribution in [0.2, 0.25) is 0 Å². The van der Waals surface area contributed by atoms with Crippen LogP contribution in [0.25, 0.3) is 17.2 Å². The van der Waals surface area contributed by atoms with E-state index in [0.717, 1.165) is 23.3 Å². The Hall–Kier alpha value is -3.62. The highest BCUT2D eigenvalue weighted by Crippen LogP contribution is 2.32. The highest BCUT2D eigenvalue weighted by Gasteiger charge is 2.31. The third-order valence-electron chi connectivity index (χ3n) is 5.11. The number of benzene rings is 2. The van der Waals surface area contributed by atoms with Crippen molar-refractivity contribution >= 4 is 17.3 Å². The Labute approximate surface area is 175 Å². The van der Waals surface area contributed by atoms with Crippen LogP contribution >= 0.6 is 0 Å². The van der Waals surface area contributed by atoms with Crippen molar-refractivity contribution in [2.24, 2.45) is 0 Å². The Bertz CT molecular complexity index is 1270. The van der Waals surface area contributed by atoms with E-state index in [1.165, 1.54) is 12.1 Å². The van der Waals surface area contributed by atoms with E-state index in [2.05, 4.69) is 15.4 Å². The van der Waals surface area contributed by atoms with Crippen molar-refractivity contribution in [2.45, 2.75) is 32.9 Å². The summed E-state index contributed by atoms with van der Waals surface area (Å²) in [7, 11) is 0. The fourth-order valence-corrected chi connectivity index (χ4v) is 3.25. The Morgan fingerprint density at radius 3 is 2.61 bits per heavy atom. The summed E-state index contributed by atoms with van der Waals surface area (Å²) in [6, 6.07) is 10.1. The van der Waals surface area contributed by atoms with Gasteiger partial charge in [-0.3, -0.25) is 4.79 Å². The minimum Gasteiger partial charge on any atom is -0.417 e. The third kappa shape index (κ3) is 4.03. The first-order valence-electron chi connectivity index (χ1n) is 9.53. The number of aryl methyl sites for hydroxylation is 2. The second kappa shape index (κ2) is 7.57. The van der Waals surface area contributed by atoms with E-state index in [9.17, 15) is 18.0 Å². The molecule has 0 aliphatic rings. The maximum absolute atomic E-state index is 13.0. The van der Waals surface area contributed by atoms with Gasteiger partial charge in [0.1, 0.15) is 5.82 Å². The van der Waals surface area contributed by atoms with E-state index < -0.39 is 23.6 Å². The summed E-state index contributed by atoms with van der Waals surface area (Å²) in [5.41, 5.74) is 2.09. The zero-order valence-electron chi connectivity index (χ0n) is 17.0. The molecule has 9 heteroatoms. The fraction of sp³-hybridized carbons (Fsp3) is 0.227. The molecule has 2 aromatic carbocycles. The normalized spacial score (nSPS) is 12.8. The van der Waals surface area contributed by atoms with Crippen LogP contribution in [0.4, 0.5) is 18.9 Å². The maximum Gasteiger partial charge on any atom is 0.416 e. The number of alkyl halides is 3. The molecule has 0 saturated carbocycles. The number of imidazole rings is 1. The molecule has 0 aliphatic heterocycles. The molecule has 0 bridgehead atoms. The molecule has 1 amide bonds. The number of hydrogen-bond acceptors (Lipinski definition) is 4. The zero-order chi connectivity index (χ0) is 22.3. The van der Waals surface area contributed by atoms with Crippen LogP contribution in [0.3, 0.4) is 0 Å². The minimum absolute atomic E-state index is 0.293. The van der Waals surface area contributed by atoms with Crippen molar-refractivity contribution in [3.05, 3.63) is 71.2 Å². The predicted octanol–water partition coefficient (Wildman–Crippen LogP) is 5.37. The highest BCUT2D eigenvalue weighted by atomic mass is 19.4. The number of amides is 1. The van der Waals surface area contributed by atoms with E-state index >= 15 is 0 Å². The molecule has 1 unspecified atom stereocenters. The number of aromatic nitrogens is 3. The molecule has 4 aromatic rings. The van der Waals surface area contributed by atoms with Crippen LogP contribution in [-0.2, 0) is 11.0 Å². The van der Waals surface area contributed by atoms with Crippen molar-refractivity contribution < 1.29 is 22.4 Å². The molecule has 2 heterocycles. The van der Waals surface area contributed by atoms with Gasteiger partial charge in [-0.25, -0.2) is 4.98 Å². The molecular weight excluding hydrogens is 409 g/mol. The monoisotopic (exact) mass is 428 g/mol. The summed E-state index contributed by atoms with van der Waals surface area (Å²) in [6.07, 6.45) is -2.87. The first kappa shape index (κ1) is 20.6. The second-order valence-electron chi connectivity index (χ2n) is 7.33. The van der Waals surface area contributed by atoms with Crippen LogP contribution in [0, 0.1) is 13.8 Å². The topological polar surface area (TPSA) is 72.4 Å². The van der Waals surface area contributed by atoms with Crippen molar-refractivity contribution in [1.82, 2.24) is 14.6 Å². The van der Waals surface area contributed by atoms with Gasteiger partial charge in [-0.05, 0) is 56.2 Å². The van der Waals surface area contributed by atoms with Crippen LogP contribution in [0.5, 0.6) is 0 Å². The van der Waals surface area contributed by atoms with E-state index in [4.69, 9.17) is 4.42 Å². The van der Waals surface area contributed by atoms with Gasteiger partial charge in [0.2, 0.25) is 17.5 Å². The molecule has 6 nitrogen and oxygen atoms in total. The maximum atomic E-state index is 13.0. The Morgan fingerprint density at radius 2 is 1.94 bits per heavy atom. The molecule has 0 radical (unpaired) electrons. The lowest BCUT2D eigenvalue weighted by molar-refractivity contribution is -0.137. The summed E-state index contributed by atoms with van der Waals surface area (Å²) in [6.45, 7) is 5.20. The zero-order valence-corrected chi connectivity index (χ0v) is 17.0. The molecule has 4 rings (SSSR count). The molecule has 160 valence electrons. The van der Waals surface area contributed by atoms with Gasteiger partial charge in [0.25, 0.3) is 0 Å². The van der Waals surface area contributed by atoms with Gasteiger partial charge < -0.3 is 9.73 Å². The highest BCUT2D eigenvalue weighted by molar-refractivity contribution is 5.96. The average Bonchev–Trinajstić information content (AvgIpc) is 3.30. The lowest BCUT2D eigenvalue weighted by atomic mass is 9.97. The molecule has 0 aliphatic carbocycles. The van der Waals surface area contributed by atoms with Gasteiger partial charge in [0.15, 0.2) is 0 Å². The molecular formula is C22H19F3N4O2. The number of nitrogens with zero attached hydrogens (tertiary/aromatic N) is 3. The van der Waals surface area contributed by atoms with Crippen LogP contribution in [0.15, 0.2) is 53.1 Å². The average molecular weight is 428 g/mol. The first-order chi connectivity index (χ1) is 14.6. The largest absolute Gasteiger partial charge is 0.417 e. The number of nitrogens with one attached hydrogen (secondary N) is 1. The number of carbonyl (C=O) groups excluding carboxylic acids is 1. The van der Waals surface area contributed by atoms with Gasteiger partial charge >= 0.3 is 6.18 Å². The number of fused-ring (bicyclic) bond motifs is 1. The Balaban J connectivity index is 1.53. The lowest BCUT2D eigenvalue weighted by Gasteiger charge is -2.16. The summed E-state index contributed by atoms with van der Waals surface area (Å²) in [4.78, 5) is 16.8. The van der Waals surface area contributed by atoms with E-state index in [-0.39, 0.29) is 0 Å². The number of anilines is 1. The minimum atomic E-state index is -4.46. The molecule has 0 fully saturated rings. The van der Waals surface area contributed by atoms with E-state index in [0.29, 0.717) is 28.7 Å². The number of hydrogen-bond donors (Lipinski definition) is 1. The molecule has 0 saturated heterocycles. The van der Waals surface area contributed by atoms with Crippen LogP contribution in [-0.4, -0.2) is 20.5 Å². The van der Waals surface area contributed by atoms with Crippen LogP contribution in [0.1, 0.15) is 35.4 Å². The van der Waals surface area contributed by atoms with Gasteiger partial charge in [-0.2, -0.15) is 17.7 Å². The standard InChI is InChI=1S/C22H19F3N4O2/c1-12-9-16(21-28-29-14(3)26-11-19(29)31-21)7-8-18(12)27-20(30)13(2)15-5-4-6-17(10-15)22(23,24)25/h4-11,13H,1-3H3,(H,27,30). The molecule has 31 heavy (non-hydrogen) atoms. The first-order valence-corrected chi connectivity index (χ1v) is 9.53. The number of rotatable bonds is 4. The quantitative estimate of drug-likeness (QED) is 0.475. The van der Waals surface area contributed by atoms with Crippen molar-refractivity contribution in [2.75, 3.05) is 5.32 Å². The van der Waals surface area contributed by atoms with Crippen molar-refractivity contribution in [1.29, 1.82) is 0 Å².